The Kier molecular flexibility index (Phi) is 4.94. The number of nitrogens with zero attached hydrogens (tertiary/aromatic N) is 2. The van der Waals surface area contributed by atoms with Crippen LogP contribution in [0.2, 0.25) is 0 Å². The molecule has 2 aromatic rings. The molecule has 4 nitrogen and oxygen atoms in total. The van der Waals surface area contributed by atoms with Crippen molar-refractivity contribution < 1.29 is 13.6 Å². The number of halogens is 2. The van der Waals surface area contributed by atoms with Crippen molar-refractivity contribution >= 4 is 11.6 Å². The zero-order valence-electron chi connectivity index (χ0n) is 11.5. The fraction of sp³-hybridized carbons (Fsp3) is 0.200. The van der Waals surface area contributed by atoms with Gasteiger partial charge in [-0.1, -0.05) is 6.07 Å². The van der Waals surface area contributed by atoms with Crippen molar-refractivity contribution in [3.63, 3.8) is 0 Å². The second-order valence-corrected chi connectivity index (χ2v) is 4.74. The first-order valence-corrected chi connectivity index (χ1v) is 6.36. The molecule has 0 spiro atoms. The third-order valence-corrected chi connectivity index (χ3v) is 2.74. The van der Waals surface area contributed by atoms with Crippen LogP contribution in [0.1, 0.15) is 5.56 Å². The number of anilines is 1. The first kappa shape index (κ1) is 15.1. The lowest BCUT2D eigenvalue weighted by Gasteiger charge is -2.16. The average Bonchev–Trinajstić information content (AvgIpc) is 2.37. The minimum Gasteiger partial charge on any atom is -0.325 e. The maximum Gasteiger partial charge on any atom is 0.238 e. The molecule has 0 bridgehead atoms. The summed E-state index contributed by atoms with van der Waals surface area (Å²) in [5, 5.41) is 2.46. The van der Waals surface area contributed by atoms with Gasteiger partial charge in [-0.05, 0) is 30.8 Å². The second-order valence-electron chi connectivity index (χ2n) is 4.74. The molecule has 1 heterocycles. The first-order valence-electron chi connectivity index (χ1n) is 6.36. The number of aromatic nitrogens is 1. The largest absolute Gasteiger partial charge is 0.325 e. The van der Waals surface area contributed by atoms with Crippen LogP contribution in [0.3, 0.4) is 0 Å². The van der Waals surface area contributed by atoms with Gasteiger partial charge in [0.15, 0.2) is 0 Å². The van der Waals surface area contributed by atoms with Crippen LogP contribution in [0.5, 0.6) is 0 Å². The number of benzene rings is 1. The van der Waals surface area contributed by atoms with Gasteiger partial charge in [-0.3, -0.25) is 14.7 Å². The third kappa shape index (κ3) is 4.92. The van der Waals surface area contributed by atoms with Crippen LogP contribution < -0.4 is 5.32 Å². The number of pyridine rings is 1. The molecular weight excluding hydrogens is 276 g/mol. The van der Waals surface area contributed by atoms with Gasteiger partial charge in [0.1, 0.15) is 11.6 Å². The van der Waals surface area contributed by atoms with Crippen molar-refractivity contribution in [2.45, 2.75) is 6.54 Å². The fourth-order valence-corrected chi connectivity index (χ4v) is 1.93. The highest BCUT2D eigenvalue weighted by Gasteiger charge is 2.09. The maximum absolute atomic E-state index is 13.0. The smallest absolute Gasteiger partial charge is 0.238 e. The Labute approximate surface area is 121 Å². The molecule has 1 N–H and O–H groups in total. The van der Waals surface area contributed by atoms with Gasteiger partial charge >= 0.3 is 0 Å². The first-order chi connectivity index (χ1) is 10.0. The van der Waals surface area contributed by atoms with E-state index in [1.165, 1.54) is 0 Å². The average molecular weight is 291 g/mol. The van der Waals surface area contributed by atoms with Gasteiger partial charge in [0.05, 0.1) is 6.54 Å². The van der Waals surface area contributed by atoms with Crippen LogP contribution in [0, 0.1) is 11.6 Å². The van der Waals surface area contributed by atoms with Gasteiger partial charge < -0.3 is 5.32 Å². The van der Waals surface area contributed by atoms with Crippen molar-refractivity contribution in [3.8, 4) is 0 Å². The number of amides is 1. The van der Waals surface area contributed by atoms with E-state index >= 15 is 0 Å². The highest BCUT2D eigenvalue weighted by atomic mass is 19.1. The molecular formula is C15H15F2N3O. The van der Waals surface area contributed by atoms with Gasteiger partial charge in [0.25, 0.3) is 0 Å². The molecule has 1 aromatic heterocycles. The van der Waals surface area contributed by atoms with E-state index in [0.717, 1.165) is 23.8 Å². The van der Waals surface area contributed by atoms with E-state index in [-0.39, 0.29) is 18.1 Å². The van der Waals surface area contributed by atoms with Crippen molar-refractivity contribution in [1.82, 2.24) is 9.88 Å². The molecule has 6 heteroatoms. The van der Waals surface area contributed by atoms with Crippen LogP contribution in [-0.2, 0) is 11.3 Å². The van der Waals surface area contributed by atoms with Crippen LogP contribution in [0.25, 0.3) is 0 Å². The van der Waals surface area contributed by atoms with E-state index in [2.05, 4.69) is 10.3 Å². The molecule has 2 rings (SSSR count). The van der Waals surface area contributed by atoms with Gasteiger partial charge in [-0.15, -0.1) is 0 Å². The Morgan fingerprint density at radius 3 is 2.62 bits per heavy atom. The lowest BCUT2D eigenvalue weighted by molar-refractivity contribution is -0.117. The van der Waals surface area contributed by atoms with E-state index in [1.807, 2.05) is 12.1 Å². The Morgan fingerprint density at radius 1 is 1.29 bits per heavy atom. The molecule has 0 unspecified atom stereocenters. The monoisotopic (exact) mass is 291 g/mol. The molecule has 0 radical (unpaired) electrons. The number of carbonyl (C=O) groups is 1. The Morgan fingerprint density at radius 2 is 2.00 bits per heavy atom. The number of likely N-dealkylation sites (N-methyl/N-ethyl adjacent to an activating group) is 1. The summed E-state index contributed by atoms with van der Waals surface area (Å²) in [5.74, 6) is -1.80. The van der Waals surface area contributed by atoms with E-state index in [1.54, 1.807) is 24.3 Å². The zero-order chi connectivity index (χ0) is 15.2. The molecule has 0 saturated carbocycles. The van der Waals surface area contributed by atoms with Crippen molar-refractivity contribution in [3.05, 3.63) is 59.9 Å². The molecule has 0 aliphatic heterocycles. The van der Waals surface area contributed by atoms with Crippen molar-refractivity contribution in [2.24, 2.45) is 0 Å². The Hall–Kier alpha value is -2.34. The molecule has 0 aliphatic carbocycles. The minimum absolute atomic E-state index is 0.104. The van der Waals surface area contributed by atoms with E-state index in [4.69, 9.17) is 0 Å². The second kappa shape index (κ2) is 6.90. The number of rotatable bonds is 5. The van der Waals surface area contributed by atoms with Crippen LogP contribution in [-0.4, -0.2) is 29.4 Å². The number of hydrogen-bond donors (Lipinski definition) is 1. The third-order valence-electron chi connectivity index (χ3n) is 2.74. The number of carbonyl (C=O) groups excluding carboxylic acids is 1. The van der Waals surface area contributed by atoms with Gasteiger partial charge in [-0.25, -0.2) is 8.78 Å². The number of nitrogens with one attached hydrogen (secondary N) is 1. The van der Waals surface area contributed by atoms with Gasteiger partial charge in [0.2, 0.25) is 5.91 Å². The van der Waals surface area contributed by atoms with Crippen molar-refractivity contribution in [1.29, 1.82) is 0 Å². The molecule has 1 aromatic carbocycles. The lowest BCUT2D eigenvalue weighted by Crippen LogP contribution is -2.29. The molecule has 21 heavy (non-hydrogen) atoms. The predicted octanol–water partition coefficient (Wildman–Crippen LogP) is 2.43. The van der Waals surface area contributed by atoms with Crippen LogP contribution in [0.15, 0.2) is 42.7 Å². The number of hydrogen-bond acceptors (Lipinski definition) is 3. The zero-order valence-corrected chi connectivity index (χ0v) is 11.5. The van der Waals surface area contributed by atoms with Crippen molar-refractivity contribution in [2.75, 3.05) is 18.9 Å². The van der Waals surface area contributed by atoms with Crippen LogP contribution >= 0.6 is 0 Å². The topological polar surface area (TPSA) is 45.2 Å². The molecule has 1 amide bonds. The van der Waals surface area contributed by atoms with E-state index in [9.17, 15) is 13.6 Å². The summed E-state index contributed by atoms with van der Waals surface area (Å²) < 4.78 is 26.0. The Bertz CT molecular complexity index is 599. The fourth-order valence-electron chi connectivity index (χ4n) is 1.93. The molecule has 110 valence electrons. The van der Waals surface area contributed by atoms with Crippen LogP contribution in [0.4, 0.5) is 14.5 Å². The summed E-state index contributed by atoms with van der Waals surface area (Å²) in [6.07, 6.45) is 3.39. The normalized spacial score (nSPS) is 10.7. The summed E-state index contributed by atoms with van der Waals surface area (Å²) in [6, 6.07) is 6.62. The standard InChI is InChI=1S/C15H15F2N3O/c1-20(9-11-3-2-4-18-8-11)10-15(21)19-14-6-12(16)5-13(17)7-14/h2-8H,9-10H2,1H3,(H,19,21). The molecule has 0 fully saturated rings. The van der Waals surface area contributed by atoms with Gasteiger partial charge in [-0.2, -0.15) is 0 Å². The summed E-state index contributed by atoms with van der Waals surface area (Å²) in [7, 11) is 1.78. The summed E-state index contributed by atoms with van der Waals surface area (Å²) in [6.45, 7) is 0.659. The van der Waals surface area contributed by atoms with E-state index < -0.39 is 11.6 Å². The summed E-state index contributed by atoms with van der Waals surface area (Å²) >= 11 is 0. The highest BCUT2D eigenvalue weighted by molar-refractivity contribution is 5.92. The van der Waals surface area contributed by atoms with Gasteiger partial charge in [0, 0.05) is 30.7 Å². The summed E-state index contributed by atoms with van der Waals surface area (Å²) in [5.41, 5.74) is 1.08. The highest BCUT2D eigenvalue weighted by Crippen LogP contribution is 2.12. The maximum atomic E-state index is 13.0. The van der Waals surface area contributed by atoms with E-state index in [0.29, 0.717) is 6.54 Å². The molecule has 0 atom stereocenters. The molecule has 0 aliphatic rings. The Balaban J connectivity index is 1.89. The predicted molar refractivity (Wildman–Crippen MR) is 75.6 cm³/mol. The molecule has 0 saturated heterocycles. The quantitative estimate of drug-likeness (QED) is 0.920. The summed E-state index contributed by atoms with van der Waals surface area (Å²) in [4.78, 5) is 17.6. The lowest BCUT2D eigenvalue weighted by atomic mass is 10.2. The minimum atomic E-state index is -0.728. The SMILES string of the molecule is CN(CC(=O)Nc1cc(F)cc(F)c1)Cc1cccnc1.